The summed E-state index contributed by atoms with van der Waals surface area (Å²) in [5.41, 5.74) is -0.107. The van der Waals surface area contributed by atoms with Gasteiger partial charge in [0.2, 0.25) is 5.88 Å². The van der Waals surface area contributed by atoms with Crippen molar-refractivity contribution in [2.75, 3.05) is 19.5 Å². The van der Waals surface area contributed by atoms with E-state index in [9.17, 15) is 4.79 Å². The van der Waals surface area contributed by atoms with Crippen LogP contribution in [0.3, 0.4) is 0 Å². The highest BCUT2D eigenvalue weighted by molar-refractivity contribution is 5.97. The van der Waals surface area contributed by atoms with Crippen molar-refractivity contribution >= 4 is 11.6 Å². The SMILES string of the molecule is COc1ccc(NC(=O)[C@](C)(OC)C2CC2)cn1. The Hall–Kier alpha value is -1.62. The number of hydrogen-bond donors (Lipinski definition) is 1. The molecule has 5 heteroatoms. The maximum atomic E-state index is 12.2. The van der Waals surface area contributed by atoms with Gasteiger partial charge in [0.05, 0.1) is 19.0 Å². The summed E-state index contributed by atoms with van der Waals surface area (Å²) in [6, 6.07) is 3.46. The number of anilines is 1. The van der Waals surface area contributed by atoms with Crippen LogP contribution in [0.25, 0.3) is 0 Å². The fourth-order valence-electron chi connectivity index (χ4n) is 1.91. The first-order valence-corrected chi connectivity index (χ1v) is 5.97. The summed E-state index contributed by atoms with van der Waals surface area (Å²) in [6.07, 6.45) is 3.65. The van der Waals surface area contributed by atoms with Crippen LogP contribution in [0.2, 0.25) is 0 Å². The molecule has 1 fully saturated rings. The van der Waals surface area contributed by atoms with Gasteiger partial charge in [-0.3, -0.25) is 4.79 Å². The summed E-state index contributed by atoms with van der Waals surface area (Å²) < 4.78 is 10.3. The van der Waals surface area contributed by atoms with Gasteiger partial charge in [-0.2, -0.15) is 0 Å². The molecule has 1 amide bonds. The van der Waals surface area contributed by atoms with Crippen molar-refractivity contribution in [1.29, 1.82) is 0 Å². The average molecular weight is 250 g/mol. The largest absolute Gasteiger partial charge is 0.481 e. The van der Waals surface area contributed by atoms with Crippen molar-refractivity contribution in [2.45, 2.75) is 25.4 Å². The zero-order valence-electron chi connectivity index (χ0n) is 10.9. The third-order valence-corrected chi connectivity index (χ3v) is 3.43. The molecule has 1 atom stereocenters. The molecule has 2 rings (SSSR count). The molecule has 1 aliphatic rings. The quantitative estimate of drug-likeness (QED) is 0.866. The second kappa shape index (κ2) is 4.94. The summed E-state index contributed by atoms with van der Waals surface area (Å²) in [6.45, 7) is 1.83. The number of rotatable bonds is 5. The lowest BCUT2D eigenvalue weighted by Gasteiger charge is -2.26. The van der Waals surface area contributed by atoms with Gasteiger partial charge >= 0.3 is 0 Å². The first-order chi connectivity index (χ1) is 8.60. The van der Waals surface area contributed by atoms with Crippen LogP contribution in [-0.4, -0.2) is 30.7 Å². The Morgan fingerprint density at radius 1 is 1.44 bits per heavy atom. The maximum absolute atomic E-state index is 12.2. The molecule has 0 bridgehead atoms. The number of pyridine rings is 1. The smallest absolute Gasteiger partial charge is 0.256 e. The lowest BCUT2D eigenvalue weighted by Crippen LogP contribution is -2.44. The minimum Gasteiger partial charge on any atom is -0.481 e. The van der Waals surface area contributed by atoms with E-state index in [1.807, 2.05) is 6.92 Å². The van der Waals surface area contributed by atoms with E-state index in [-0.39, 0.29) is 5.91 Å². The van der Waals surface area contributed by atoms with Crippen molar-refractivity contribution < 1.29 is 14.3 Å². The summed E-state index contributed by atoms with van der Waals surface area (Å²) in [5.74, 6) is 0.706. The fourth-order valence-corrected chi connectivity index (χ4v) is 1.91. The lowest BCUT2D eigenvalue weighted by molar-refractivity contribution is -0.138. The molecule has 98 valence electrons. The molecular weight excluding hydrogens is 232 g/mol. The van der Waals surface area contributed by atoms with Gasteiger partial charge in [0, 0.05) is 13.2 Å². The summed E-state index contributed by atoms with van der Waals surface area (Å²) in [7, 11) is 3.12. The minimum atomic E-state index is -0.750. The van der Waals surface area contributed by atoms with Crippen molar-refractivity contribution in [3.05, 3.63) is 18.3 Å². The molecule has 0 aliphatic heterocycles. The van der Waals surface area contributed by atoms with Gasteiger partial charge in [-0.1, -0.05) is 0 Å². The van der Waals surface area contributed by atoms with Crippen molar-refractivity contribution in [3.8, 4) is 5.88 Å². The first kappa shape index (κ1) is 12.8. The van der Waals surface area contributed by atoms with E-state index in [1.165, 1.54) is 0 Å². The minimum absolute atomic E-state index is 0.125. The normalized spacial score (nSPS) is 17.9. The van der Waals surface area contributed by atoms with E-state index in [0.29, 0.717) is 17.5 Å². The summed E-state index contributed by atoms with van der Waals surface area (Å²) in [5, 5.41) is 2.82. The Bertz CT molecular complexity index is 428. The third-order valence-electron chi connectivity index (χ3n) is 3.43. The molecule has 5 nitrogen and oxygen atoms in total. The van der Waals surface area contributed by atoms with Gasteiger partial charge in [-0.05, 0) is 31.7 Å². The highest BCUT2D eigenvalue weighted by Gasteiger charge is 2.47. The van der Waals surface area contributed by atoms with E-state index in [1.54, 1.807) is 32.5 Å². The Morgan fingerprint density at radius 2 is 2.17 bits per heavy atom. The van der Waals surface area contributed by atoms with Crippen LogP contribution in [0.1, 0.15) is 19.8 Å². The monoisotopic (exact) mass is 250 g/mol. The molecule has 1 aliphatic carbocycles. The topological polar surface area (TPSA) is 60.5 Å². The molecule has 1 aromatic heterocycles. The lowest BCUT2D eigenvalue weighted by atomic mass is 9.99. The van der Waals surface area contributed by atoms with Crippen LogP contribution >= 0.6 is 0 Å². The molecule has 0 radical (unpaired) electrons. The van der Waals surface area contributed by atoms with E-state index < -0.39 is 5.60 Å². The molecule has 0 spiro atoms. The highest BCUT2D eigenvalue weighted by Crippen LogP contribution is 2.42. The highest BCUT2D eigenvalue weighted by atomic mass is 16.5. The molecule has 1 aromatic rings. The van der Waals surface area contributed by atoms with Crippen molar-refractivity contribution in [1.82, 2.24) is 4.98 Å². The molecule has 18 heavy (non-hydrogen) atoms. The number of methoxy groups -OCH3 is 2. The fraction of sp³-hybridized carbons (Fsp3) is 0.538. The van der Waals surface area contributed by atoms with Crippen LogP contribution < -0.4 is 10.1 Å². The Kier molecular flexibility index (Phi) is 3.52. The predicted octanol–water partition coefficient (Wildman–Crippen LogP) is 1.84. The Morgan fingerprint density at radius 3 is 2.61 bits per heavy atom. The van der Waals surface area contributed by atoms with Gasteiger partial charge < -0.3 is 14.8 Å². The third kappa shape index (κ3) is 2.46. The predicted molar refractivity (Wildman–Crippen MR) is 67.6 cm³/mol. The second-order valence-electron chi connectivity index (χ2n) is 4.63. The number of nitrogens with one attached hydrogen (secondary N) is 1. The van der Waals surface area contributed by atoms with E-state index in [2.05, 4.69) is 10.3 Å². The van der Waals surface area contributed by atoms with Gasteiger partial charge in [0.25, 0.3) is 5.91 Å². The van der Waals surface area contributed by atoms with Gasteiger partial charge in [0.1, 0.15) is 5.60 Å². The van der Waals surface area contributed by atoms with Crippen molar-refractivity contribution in [3.63, 3.8) is 0 Å². The number of carbonyl (C=O) groups is 1. The standard InChI is InChI=1S/C13H18N2O3/c1-13(18-3,9-4-5-9)12(16)15-10-6-7-11(17-2)14-8-10/h6-9H,4-5H2,1-3H3,(H,15,16)/t13-/m1/s1. The average Bonchev–Trinajstić information content (AvgIpc) is 3.23. The Labute approximate surface area is 107 Å². The van der Waals surface area contributed by atoms with Crippen LogP contribution in [0.5, 0.6) is 5.88 Å². The first-order valence-electron chi connectivity index (χ1n) is 5.97. The van der Waals surface area contributed by atoms with E-state index in [4.69, 9.17) is 9.47 Å². The van der Waals surface area contributed by atoms with Gasteiger partial charge in [0.15, 0.2) is 0 Å². The van der Waals surface area contributed by atoms with Crippen LogP contribution in [-0.2, 0) is 9.53 Å². The number of hydrogen-bond acceptors (Lipinski definition) is 4. The van der Waals surface area contributed by atoms with Crippen LogP contribution in [0.4, 0.5) is 5.69 Å². The second-order valence-corrected chi connectivity index (χ2v) is 4.63. The summed E-state index contributed by atoms with van der Waals surface area (Å²) >= 11 is 0. The number of carbonyl (C=O) groups excluding carboxylic acids is 1. The Balaban J connectivity index is 2.05. The zero-order chi connectivity index (χ0) is 13.2. The molecule has 1 saturated carbocycles. The number of nitrogens with zero attached hydrogens (tertiary/aromatic N) is 1. The number of aromatic nitrogens is 1. The van der Waals surface area contributed by atoms with Crippen LogP contribution in [0, 0.1) is 5.92 Å². The van der Waals surface area contributed by atoms with Crippen LogP contribution in [0.15, 0.2) is 18.3 Å². The zero-order valence-corrected chi connectivity index (χ0v) is 10.9. The number of ether oxygens (including phenoxy) is 2. The van der Waals surface area contributed by atoms with E-state index >= 15 is 0 Å². The molecule has 0 aromatic carbocycles. The molecular formula is C13H18N2O3. The molecule has 1 heterocycles. The number of amides is 1. The van der Waals surface area contributed by atoms with E-state index in [0.717, 1.165) is 12.8 Å². The van der Waals surface area contributed by atoms with Crippen molar-refractivity contribution in [2.24, 2.45) is 5.92 Å². The maximum Gasteiger partial charge on any atom is 0.256 e. The van der Waals surface area contributed by atoms with Gasteiger partial charge in [-0.25, -0.2) is 4.98 Å². The molecule has 0 unspecified atom stereocenters. The molecule has 1 N–H and O–H groups in total. The molecule has 0 saturated heterocycles. The summed E-state index contributed by atoms with van der Waals surface area (Å²) in [4.78, 5) is 16.2. The van der Waals surface area contributed by atoms with Gasteiger partial charge in [-0.15, -0.1) is 0 Å².